The van der Waals surface area contributed by atoms with Crippen LogP contribution in [0.15, 0.2) is 12.7 Å². The van der Waals surface area contributed by atoms with E-state index in [0.29, 0.717) is 0 Å². The fourth-order valence-corrected chi connectivity index (χ4v) is 0. The van der Waals surface area contributed by atoms with Gasteiger partial charge in [-0.3, -0.25) is 0 Å². The summed E-state index contributed by atoms with van der Waals surface area (Å²) in [4.78, 5) is 9.25. The fraction of sp³-hybridized carbons (Fsp3) is 0. The summed E-state index contributed by atoms with van der Waals surface area (Å²) in [6.07, 6.45) is 0.833. The molecule has 0 rings (SSSR count). The van der Waals surface area contributed by atoms with Gasteiger partial charge in [-0.25, -0.2) is 4.79 Å². The van der Waals surface area contributed by atoms with Crippen molar-refractivity contribution in [2.24, 2.45) is 0 Å². The molecule has 0 saturated heterocycles. The Labute approximate surface area is 68.3 Å². The normalized spacial score (nSPS) is 5.33. The van der Waals surface area contributed by atoms with Crippen LogP contribution in [0, 0.1) is 40.4 Å². The van der Waals surface area contributed by atoms with Crippen LogP contribution in [0.4, 0.5) is 0 Å². The Kier molecular flexibility index (Phi) is 9.01. The van der Waals surface area contributed by atoms with Gasteiger partial charge in [0.15, 0.2) is 0 Å². The molecule has 0 fully saturated rings. The molecule has 0 aromatic heterocycles. The summed E-state index contributed by atoms with van der Waals surface area (Å²) in [6, 6.07) is 0. The molecule has 0 aromatic carbocycles. The Morgan fingerprint density at radius 2 is 2.00 bits per heavy atom. The molecule has 0 unspecified atom stereocenters. The molecule has 0 saturated carbocycles. The van der Waals surface area contributed by atoms with Gasteiger partial charge in [-0.2, -0.15) is 0 Å². The topological polar surface area (TPSA) is 37.3 Å². The standard InChI is InChI=1S/C3H4O2.Sm/c1-2-3(4)5;/h2H,1H2,(H,4,5);. The summed E-state index contributed by atoms with van der Waals surface area (Å²) in [6.45, 7) is 2.96. The number of aliphatic carboxylic acids is 1. The maximum Gasteiger partial charge on any atom is 0.327 e. The zero-order chi connectivity index (χ0) is 4.28. The molecule has 0 aliphatic heterocycles. The Morgan fingerprint density at radius 3 is 2.00 bits per heavy atom. The quantitative estimate of drug-likeness (QED) is 0.646. The molecule has 6 heavy (non-hydrogen) atoms. The van der Waals surface area contributed by atoms with E-state index in [4.69, 9.17) is 5.11 Å². The van der Waals surface area contributed by atoms with Crippen molar-refractivity contribution in [3.05, 3.63) is 12.7 Å². The number of hydrogen-bond acceptors (Lipinski definition) is 1. The van der Waals surface area contributed by atoms with E-state index in [1.807, 2.05) is 0 Å². The van der Waals surface area contributed by atoms with Gasteiger partial charge >= 0.3 is 5.97 Å². The summed E-state index contributed by atoms with van der Waals surface area (Å²) in [5.74, 6) is -0.981. The Bertz CT molecular complexity index is 59.8. The van der Waals surface area contributed by atoms with Gasteiger partial charge in [-0.1, -0.05) is 6.58 Å². The minimum absolute atomic E-state index is 0. The van der Waals surface area contributed by atoms with E-state index in [1.54, 1.807) is 0 Å². The van der Waals surface area contributed by atoms with E-state index in [9.17, 15) is 4.79 Å². The predicted molar refractivity (Wildman–Crippen MR) is 17.8 cm³/mol. The monoisotopic (exact) mass is 224 g/mol. The zero-order valence-corrected chi connectivity index (χ0v) is 5.67. The first-order valence-electron chi connectivity index (χ1n) is 1.12. The molecule has 0 spiro atoms. The van der Waals surface area contributed by atoms with E-state index >= 15 is 0 Å². The summed E-state index contributed by atoms with van der Waals surface area (Å²) in [5, 5.41) is 7.60. The Morgan fingerprint density at radius 1 is 1.83 bits per heavy atom. The molecule has 0 aliphatic rings. The molecular formula is C3H4O2Sm. The number of carboxylic acid groups (broad SMARTS) is 1. The molecule has 0 atom stereocenters. The molecule has 2 nitrogen and oxygen atoms in total. The van der Waals surface area contributed by atoms with Gasteiger partial charge in [-0.05, 0) is 0 Å². The van der Waals surface area contributed by atoms with Crippen LogP contribution in [0.2, 0.25) is 0 Å². The van der Waals surface area contributed by atoms with E-state index in [-0.39, 0.29) is 40.4 Å². The molecule has 0 radical (unpaired) electrons. The van der Waals surface area contributed by atoms with Gasteiger partial charge in [0.25, 0.3) is 0 Å². The minimum Gasteiger partial charge on any atom is -0.478 e. The van der Waals surface area contributed by atoms with Crippen molar-refractivity contribution in [1.29, 1.82) is 0 Å². The summed E-state index contributed by atoms with van der Waals surface area (Å²) in [7, 11) is 0. The smallest absolute Gasteiger partial charge is 0.327 e. The van der Waals surface area contributed by atoms with Crippen LogP contribution in [0.5, 0.6) is 0 Å². The fourth-order valence-electron chi connectivity index (χ4n) is 0. The Balaban J connectivity index is 0. The van der Waals surface area contributed by atoms with Crippen LogP contribution in [-0.2, 0) is 4.79 Å². The second kappa shape index (κ2) is 5.55. The van der Waals surface area contributed by atoms with Gasteiger partial charge in [0.1, 0.15) is 0 Å². The van der Waals surface area contributed by atoms with Crippen molar-refractivity contribution in [1.82, 2.24) is 0 Å². The number of carboxylic acids is 1. The van der Waals surface area contributed by atoms with Crippen LogP contribution >= 0.6 is 0 Å². The SMILES string of the molecule is C=CC(=O)O.[Sm]. The summed E-state index contributed by atoms with van der Waals surface area (Å²) < 4.78 is 0. The van der Waals surface area contributed by atoms with Gasteiger partial charge in [0.2, 0.25) is 0 Å². The molecule has 0 bridgehead atoms. The third kappa shape index (κ3) is 8.82. The average Bonchev–Trinajstić information content (AvgIpc) is 1.38. The molecule has 0 amide bonds. The van der Waals surface area contributed by atoms with Gasteiger partial charge < -0.3 is 5.11 Å². The largest absolute Gasteiger partial charge is 0.478 e. The maximum absolute atomic E-state index is 9.25. The van der Waals surface area contributed by atoms with Crippen molar-refractivity contribution < 1.29 is 50.3 Å². The van der Waals surface area contributed by atoms with Crippen LogP contribution < -0.4 is 0 Å². The van der Waals surface area contributed by atoms with E-state index in [0.717, 1.165) is 6.08 Å². The predicted octanol–water partition coefficient (Wildman–Crippen LogP) is 0.257. The van der Waals surface area contributed by atoms with E-state index < -0.39 is 5.97 Å². The van der Waals surface area contributed by atoms with Crippen LogP contribution in [0.25, 0.3) is 0 Å². The minimum atomic E-state index is -0.981. The first-order chi connectivity index (χ1) is 2.27. The van der Waals surface area contributed by atoms with E-state index in [2.05, 4.69) is 6.58 Å². The molecule has 0 aliphatic carbocycles. The van der Waals surface area contributed by atoms with Crippen molar-refractivity contribution >= 4 is 5.97 Å². The summed E-state index contributed by atoms with van der Waals surface area (Å²) in [5.41, 5.74) is 0. The Hall–Kier alpha value is 0.548. The molecule has 0 aromatic rings. The van der Waals surface area contributed by atoms with Crippen molar-refractivity contribution in [2.45, 2.75) is 0 Å². The number of hydrogen-bond donors (Lipinski definition) is 1. The third-order valence-corrected chi connectivity index (χ3v) is 0.175. The van der Waals surface area contributed by atoms with Crippen LogP contribution in [0.3, 0.4) is 0 Å². The van der Waals surface area contributed by atoms with Gasteiger partial charge in [0, 0.05) is 46.5 Å². The maximum atomic E-state index is 9.25. The average molecular weight is 222 g/mol. The van der Waals surface area contributed by atoms with Crippen molar-refractivity contribution in [2.75, 3.05) is 0 Å². The number of carbonyl (C=O) groups is 1. The van der Waals surface area contributed by atoms with Crippen LogP contribution in [0.1, 0.15) is 0 Å². The van der Waals surface area contributed by atoms with Crippen molar-refractivity contribution in [3.8, 4) is 0 Å². The van der Waals surface area contributed by atoms with Gasteiger partial charge in [-0.15, -0.1) is 0 Å². The second-order valence-electron chi connectivity index (χ2n) is 0.542. The van der Waals surface area contributed by atoms with Crippen LogP contribution in [-0.4, -0.2) is 11.1 Å². The molecule has 0 heterocycles. The third-order valence-electron chi connectivity index (χ3n) is 0.175. The molecule has 3 heteroatoms. The molecule has 1 N–H and O–H groups in total. The van der Waals surface area contributed by atoms with Crippen molar-refractivity contribution in [3.63, 3.8) is 0 Å². The number of rotatable bonds is 1. The first-order valence-corrected chi connectivity index (χ1v) is 1.12. The molecular weight excluding hydrogens is 218 g/mol. The van der Waals surface area contributed by atoms with E-state index in [1.165, 1.54) is 0 Å². The van der Waals surface area contributed by atoms with Gasteiger partial charge in [0.05, 0.1) is 0 Å². The second-order valence-corrected chi connectivity index (χ2v) is 0.542. The summed E-state index contributed by atoms with van der Waals surface area (Å²) >= 11 is 0. The molecule has 34 valence electrons. The zero-order valence-electron chi connectivity index (χ0n) is 3.05. The first kappa shape index (κ1) is 9.74.